The highest BCUT2D eigenvalue weighted by Crippen LogP contribution is 2.30. The van der Waals surface area contributed by atoms with Gasteiger partial charge >= 0.3 is 5.97 Å². The number of rotatable bonds is 4. The molecule has 1 saturated heterocycles. The second-order valence-corrected chi connectivity index (χ2v) is 5.65. The first-order valence-corrected chi connectivity index (χ1v) is 6.79. The molecule has 98 valence electrons. The Morgan fingerprint density at radius 2 is 1.88 bits per heavy atom. The summed E-state index contributed by atoms with van der Waals surface area (Å²) in [5, 5.41) is 12.3. The molecule has 0 aromatic carbocycles. The molecule has 1 heterocycles. The van der Waals surface area contributed by atoms with E-state index in [1.165, 1.54) is 38.5 Å². The third-order valence-electron chi connectivity index (χ3n) is 4.51. The average Bonchev–Trinajstić information content (AvgIpc) is 2.50. The highest BCUT2D eigenvalue weighted by atomic mass is 16.4. The molecule has 2 rings (SSSR count). The van der Waals surface area contributed by atoms with Gasteiger partial charge in [0.15, 0.2) is 0 Å². The standard InChI is InChI=1S/C13H24N2O2/c1-15(11-6-4-2-3-5-7-11)13(8-12(16)17)9-14-10-13/h11,14H,2-10H2,1H3,(H,16,17). The summed E-state index contributed by atoms with van der Waals surface area (Å²) in [7, 11) is 2.12. The lowest BCUT2D eigenvalue weighted by molar-refractivity contribution is -0.142. The Balaban J connectivity index is 2.00. The average molecular weight is 240 g/mol. The van der Waals surface area contributed by atoms with Crippen LogP contribution in [0.1, 0.15) is 44.9 Å². The molecule has 2 N–H and O–H groups in total. The molecule has 2 aliphatic rings. The molecule has 0 spiro atoms. The molecule has 0 bridgehead atoms. The molecule has 4 heteroatoms. The van der Waals surface area contributed by atoms with Crippen molar-refractivity contribution in [3.63, 3.8) is 0 Å². The summed E-state index contributed by atoms with van der Waals surface area (Å²) in [5.74, 6) is -0.674. The van der Waals surface area contributed by atoms with E-state index < -0.39 is 5.97 Å². The first kappa shape index (κ1) is 12.8. The summed E-state index contributed by atoms with van der Waals surface area (Å²) in [4.78, 5) is 13.4. The zero-order valence-corrected chi connectivity index (χ0v) is 10.7. The van der Waals surface area contributed by atoms with Crippen LogP contribution in [-0.2, 0) is 4.79 Å². The van der Waals surface area contributed by atoms with Gasteiger partial charge in [0, 0.05) is 19.1 Å². The van der Waals surface area contributed by atoms with Crippen molar-refractivity contribution in [1.29, 1.82) is 0 Å². The van der Waals surface area contributed by atoms with Crippen LogP contribution in [0, 0.1) is 0 Å². The van der Waals surface area contributed by atoms with Gasteiger partial charge in [-0.25, -0.2) is 0 Å². The van der Waals surface area contributed by atoms with Crippen LogP contribution in [-0.4, -0.2) is 47.7 Å². The Morgan fingerprint density at radius 1 is 1.29 bits per heavy atom. The molecule has 0 atom stereocenters. The van der Waals surface area contributed by atoms with Gasteiger partial charge in [0.05, 0.1) is 12.0 Å². The number of hydrogen-bond donors (Lipinski definition) is 2. The van der Waals surface area contributed by atoms with E-state index in [1.807, 2.05) is 0 Å². The van der Waals surface area contributed by atoms with E-state index in [-0.39, 0.29) is 12.0 Å². The smallest absolute Gasteiger partial charge is 0.305 e. The monoisotopic (exact) mass is 240 g/mol. The van der Waals surface area contributed by atoms with Crippen LogP contribution in [0.15, 0.2) is 0 Å². The Kier molecular flexibility index (Phi) is 4.05. The second kappa shape index (κ2) is 5.36. The van der Waals surface area contributed by atoms with Crippen molar-refractivity contribution in [3.05, 3.63) is 0 Å². The molecule has 0 unspecified atom stereocenters. The number of aliphatic carboxylic acids is 1. The molecule has 0 amide bonds. The molecule has 0 aromatic rings. The summed E-state index contributed by atoms with van der Waals surface area (Å²) >= 11 is 0. The summed E-state index contributed by atoms with van der Waals surface area (Å²) in [6.07, 6.45) is 8.02. The van der Waals surface area contributed by atoms with Crippen molar-refractivity contribution < 1.29 is 9.90 Å². The number of nitrogens with zero attached hydrogens (tertiary/aromatic N) is 1. The number of carboxylic acid groups (broad SMARTS) is 1. The van der Waals surface area contributed by atoms with Crippen molar-refractivity contribution in [3.8, 4) is 0 Å². The fraction of sp³-hybridized carbons (Fsp3) is 0.923. The molecule has 1 saturated carbocycles. The Labute approximate surface area is 103 Å². The zero-order chi connectivity index (χ0) is 12.3. The van der Waals surface area contributed by atoms with Gasteiger partial charge in [-0.15, -0.1) is 0 Å². The lowest BCUT2D eigenvalue weighted by atomic mass is 9.84. The number of carbonyl (C=O) groups is 1. The minimum Gasteiger partial charge on any atom is -0.481 e. The molecule has 4 nitrogen and oxygen atoms in total. The van der Waals surface area contributed by atoms with Crippen molar-refractivity contribution in [2.45, 2.75) is 56.5 Å². The van der Waals surface area contributed by atoms with E-state index in [2.05, 4.69) is 17.3 Å². The summed E-state index contributed by atoms with van der Waals surface area (Å²) in [5.41, 5.74) is -0.124. The minimum atomic E-state index is -0.674. The predicted molar refractivity (Wildman–Crippen MR) is 67.1 cm³/mol. The van der Waals surface area contributed by atoms with Gasteiger partial charge in [-0.05, 0) is 19.9 Å². The number of likely N-dealkylation sites (N-methyl/N-ethyl adjacent to an activating group) is 1. The van der Waals surface area contributed by atoms with Gasteiger partial charge in [0.2, 0.25) is 0 Å². The molecular formula is C13H24N2O2. The fourth-order valence-corrected chi connectivity index (χ4v) is 3.23. The first-order chi connectivity index (χ1) is 8.14. The van der Waals surface area contributed by atoms with Crippen LogP contribution in [0.2, 0.25) is 0 Å². The van der Waals surface area contributed by atoms with Gasteiger partial charge in [-0.2, -0.15) is 0 Å². The van der Waals surface area contributed by atoms with Crippen molar-refractivity contribution in [1.82, 2.24) is 10.2 Å². The Bertz CT molecular complexity index is 269. The van der Waals surface area contributed by atoms with Crippen molar-refractivity contribution in [2.75, 3.05) is 20.1 Å². The van der Waals surface area contributed by atoms with Crippen LogP contribution in [0.25, 0.3) is 0 Å². The van der Waals surface area contributed by atoms with Crippen LogP contribution in [0.3, 0.4) is 0 Å². The van der Waals surface area contributed by atoms with Gasteiger partial charge in [-0.3, -0.25) is 9.69 Å². The molecule has 0 radical (unpaired) electrons. The molecule has 0 aromatic heterocycles. The van der Waals surface area contributed by atoms with Gasteiger partial charge in [0.25, 0.3) is 0 Å². The van der Waals surface area contributed by atoms with Gasteiger partial charge in [-0.1, -0.05) is 25.7 Å². The van der Waals surface area contributed by atoms with E-state index in [1.54, 1.807) is 0 Å². The Morgan fingerprint density at radius 3 is 2.29 bits per heavy atom. The van der Waals surface area contributed by atoms with E-state index in [0.717, 1.165) is 13.1 Å². The second-order valence-electron chi connectivity index (χ2n) is 5.65. The zero-order valence-electron chi connectivity index (χ0n) is 10.7. The van der Waals surface area contributed by atoms with Crippen LogP contribution in [0.5, 0.6) is 0 Å². The van der Waals surface area contributed by atoms with E-state index in [0.29, 0.717) is 6.04 Å². The van der Waals surface area contributed by atoms with Gasteiger partial charge in [0.1, 0.15) is 0 Å². The molecule has 1 aliphatic heterocycles. The fourth-order valence-electron chi connectivity index (χ4n) is 3.23. The molecule has 2 fully saturated rings. The number of nitrogens with one attached hydrogen (secondary N) is 1. The SMILES string of the molecule is CN(C1CCCCCC1)C1(CC(=O)O)CNC1. The molecule has 17 heavy (non-hydrogen) atoms. The minimum absolute atomic E-state index is 0.124. The largest absolute Gasteiger partial charge is 0.481 e. The van der Waals surface area contributed by atoms with Gasteiger partial charge < -0.3 is 10.4 Å². The number of hydrogen-bond acceptors (Lipinski definition) is 3. The lowest BCUT2D eigenvalue weighted by Gasteiger charge is -2.51. The van der Waals surface area contributed by atoms with E-state index in [4.69, 9.17) is 5.11 Å². The van der Waals surface area contributed by atoms with Crippen LogP contribution < -0.4 is 5.32 Å². The van der Waals surface area contributed by atoms with Crippen molar-refractivity contribution >= 4 is 5.97 Å². The Hall–Kier alpha value is -0.610. The first-order valence-electron chi connectivity index (χ1n) is 6.79. The normalized spacial score (nSPS) is 25.3. The predicted octanol–water partition coefficient (Wildman–Crippen LogP) is 1.46. The summed E-state index contributed by atoms with van der Waals surface area (Å²) in [6, 6.07) is 0.582. The maximum Gasteiger partial charge on any atom is 0.305 e. The summed E-state index contributed by atoms with van der Waals surface area (Å²) < 4.78 is 0. The highest BCUT2D eigenvalue weighted by molar-refractivity contribution is 5.68. The van der Waals surface area contributed by atoms with E-state index >= 15 is 0 Å². The highest BCUT2D eigenvalue weighted by Gasteiger charge is 2.44. The van der Waals surface area contributed by atoms with Crippen LogP contribution in [0.4, 0.5) is 0 Å². The van der Waals surface area contributed by atoms with Crippen molar-refractivity contribution in [2.24, 2.45) is 0 Å². The quantitative estimate of drug-likeness (QED) is 0.730. The van der Waals surface area contributed by atoms with E-state index in [9.17, 15) is 4.79 Å². The topological polar surface area (TPSA) is 52.6 Å². The lowest BCUT2D eigenvalue weighted by Crippen LogP contribution is -2.70. The third-order valence-corrected chi connectivity index (χ3v) is 4.51. The maximum absolute atomic E-state index is 11.0. The number of carboxylic acids is 1. The van der Waals surface area contributed by atoms with Crippen LogP contribution >= 0.6 is 0 Å². The maximum atomic E-state index is 11.0. The molecule has 1 aliphatic carbocycles. The molecular weight excluding hydrogens is 216 g/mol. The summed E-state index contributed by atoms with van der Waals surface area (Å²) in [6.45, 7) is 1.65. The third kappa shape index (κ3) is 2.80.